The van der Waals surface area contributed by atoms with E-state index >= 15 is 0 Å². The summed E-state index contributed by atoms with van der Waals surface area (Å²) in [5.74, 6) is -2.12. The van der Waals surface area contributed by atoms with Crippen LogP contribution in [0.1, 0.15) is 30.6 Å². The van der Waals surface area contributed by atoms with Crippen molar-refractivity contribution in [3.05, 3.63) is 54.1 Å². The number of hydrogen-bond acceptors (Lipinski definition) is 8. The number of phenolic OH excluding ortho intramolecular Hbond substituents is 2. The topological polar surface area (TPSA) is 236 Å². The van der Waals surface area contributed by atoms with E-state index in [1.165, 1.54) is 32.0 Å². The largest absolute Gasteiger partial charge is 0.504 e. The van der Waals surface area contributed by atoms with Gasteiger partial charge in [-0.3, -0.25) is 13.9 Å². The maximum Gasteiger partial charge on any atom is 0.394 e. The highest BCUT2D eigenvalue weighted by atomic mass is 32.3. The van der Waals surface area contributed by atoms with E-state index in [2.05, 4.69) is 0 Å². The highest BCUT2D eigenvalue weighted by Crippen LogP contribution is 2.21. The Bertz CT molecular complexity index is 909. The number of hydrogen-bond donors (Lipinski definition) is 8. The van der Waals surface area contributed by atoms with Crippen LogP contribution in [-0.2, 0) is 15.2 Å². The van der Waals surface area contributed by atoms with Crippen LogP contribution in [0.15, 0.2) is 48.5 Å². The molecule has 0 aromatic heterocycles. The van der Waals surface area contributed by atoms with E-state index in [1.807, 2.05) is 0 Å². The number of nitrogen functional groups attached to an aromatic ring is 1. The lowest BCUT2D eigenvalue weighted by Crippen LogP contribution is -2.22. The number of aromatic hydroxyl groups is 2. The molecule has 0 aliphatic carbocycles. The van der Waals surface area contributed by atoms with Crippen LogP contribution < -0.4 is 5.73 Å². The molecule has 2 aromatic carbocycles. The van der Waals surface area contributed by atoms with Crippen molar-refractivity contribution < 1.29 is 52.6 Å². The molecule has 12 nitrogen and oxygen atoms in total. The predicted octanol–water partition coefficient (Wildman–Crippen LogP) is 1.64. The van der Waals surface area contributed by atoms with E-state index in [9.17, 15) is 9.59 Å². The Labute approximate surface area is 178 Å². The summed E-state index contributed by atoms with van der Waals surface area (Å²) in [5.41, 5.74) is 4.72. The molecule has 31 heavy (non-hydrogen) atoms. The number of carboxylic acid groups (broad SMARTS) is 2. The molecule has 0 radical (unpaired) electrons. The molecule has 0 amide bonds. The fraction of sp³-hybridized carbons (Fsp3) is 0.222. The molecule has 0 saturated carbocycles. The number of carboxylic acids is 2. The summed E-state index contributed by atoms with van der Waals surface area (Å²) in [6.45, 7) is 2.92. The molecule has 0 saturated heterocycles. The second-order valence-corrected chi connectivity index (χ2v) is 7.11. The van der Waals surface area contributed by atoms with Crippen molar-refractivity contribution in [2.24, 2.45) is 0 Å². The van der Waals surface area contributed by atoms with Gasteiger partial charge in [-0.05, 0) is 38.1 Å². The summed E-state index contributed by atoms with van der Waals surface area (Å²) >= 11 is 0. The fourth-order valence-electron chi connectivity index (χ4n) is 1.53. The third kappa shape index (κ3) is 21.1. The molecule has 13 heteroatoms. The van der Waals surface area contributed by atoms with Crippen LogP contribution in [0.3, 0.4) is 0 Å². The van der Waals surface area contributed by atoms with Gasteiger partial charge in [0.2, 0.25) is 0 Å². The van der Waals surface area contributed by atoms with Crippen LogP contribution in [-0.4, -0.2) is 60.6 Å². The quantitative estimate of drug-likeness (QED) is 0.184. The van der Waals surface area contributed by atoms with Gasteiger partial charge in [0.15, 0.2) is 11.5 Å². The van der Waals surface area contributed by atoms with Crippen molar-refractivity contribution in [2.75, 3.05) is 5.73 Å². The Hall–Kier alpha value is -3.39. The molecule has 0 atom stereocenters. The predicted molar refractivity (Wildman–Crippen MR) is 110 cm³/mol. The lowest BCUT2D eigenvalue weighted by molar-refractivity contribution is -0.141. The maximum absolute atomic E-state index is 10.3. The van der Waals surface area contributed by atoms with Gasteiger partial charge >= 0.3 is 22.3 Å². The molecule has 0 aliphatic heterocycles. The number of carbonyl (C=O) groups is 2. The van der Waals surface area contributed by atoms with Crippen LogP contribution in [0, 0.1) is 0 Å². The number of benzene rings is 2. The van der Waals surface area contributed by atoms with Crippen LogP contribution in [0.4, 0.5) is 5.69 Å². The number of aliphatic carboxylic acids is 1. The zero-order valence-corrected chi connectivity index (χ0v) is 17.4. The zero-order valence-electron chi connectivity index (χ0n) is 16.6. The Balaban J connectivity index is 0. The molecule has 174 valence electrons. The lowest BCUT2D eigenvalue weighted by Gasteiger charge is -2.12. The summed E-state index contributed by atoms with van der Waals surface area (Å²) in [6.07, 6.45) is -0.201. The molecule has 0 heterocycles. The number of para-hydroxylation sites is 3. The van der Waals surface area contributed by atoms with Crippen LogP contribution in [0.5, 0.6) is 11.5 Å². The molecular weight excluding hydrogens is 438 g/mol. The minimum Gasteiger partial charge on any atom is -0.504 e. The molecule has 0 spiro atoms. The van der Waals surface area contributed by atoms with E-state index in [4.69, 9.17) is 48.8 Å². The van der Waals surface area contributed by atoms with Gasteiger partial charge in [-0.15, -0.1) is 0 Å². The van der Waals surface area contributed by atoms with E-state index in [1.54, 1.807) is 30.3 Å². The normalized spacial score (nSPS) is 10.1. The molecule has 0 fully saturated rings. The Morgan fingerprint density at radius 3 is 1.45 bits per heavy atom. The third-order valence-corrected chi connectivity index (χ3v) is 2.66. The summed E-state index contributed by atoms with van der Waals surface area (Å²) < 4.78 is 31.6. The standard InChI is InChI=1S/C7H7NO2.C6H6O2.C5H10O3.H2O4S/c8-6-4-2-1-3-5(6)7(9)10;7-5-3-1-2-4-6(5)8;1-5(2,8)3-4(6)7;1-5(2,3)4/h1-4H,8H2,(H,9,10);1-4,7-8H;8H,3H2,1-2H3,(H,6,7);(H2,1,2,3,4). The number of nitrogens with two attached hydrogens (primary N) is 1. The van der Waals surface area contributed by atoms with Crippen molar-refractivity contribution in [1.29, 1.82) is 0 Å². The second kappa shape index (κ2) is 13.8. The van der Waals surface area contributed by atoms with Gasteiger partial charge in [-0.1, -0.05) is 24.3 Å². The molecular formula is C18H25NO11S. The van der Waals surface area contributed by atoms with Crippen molar-refractivity contribution in [3.63, 3.8) is 0 Å². The van der Waals surface area contributed by atoms with Crippen LogP contribution in [0.25, 0.3) is 0 Å². The van der Waals surface area contributed by atoms with Gasteiger partial charge in [0.1, 0.15) is 0 Å². The number of anilines is 1. The number of aliphatic hydroxyl groups is 1. The molecule has 0 unspecified atom stereocenters. The molecule has 2 aromatic rings. The van der Waals surface area contributed by atoms with Crippen molar-refractivity contribution in [1.82, 2.24) is 0 Å². The SMILES string of the molecule is CC(C)(O)CC(=O)O.Nc1ccccc1C(=O)O.O=S(=O)(O)O.Oc1ccccc1O. The monoisotopic (exact) mass is 463 g/mol. The summed E-state index contributed by atoms with van der Waals surface area (Å²) in [6, 6.07) is 12.5. The van der Waals surface area contributed by atoms with Crippen molar-refractivity contribution in [3.8, 4) is 11.5 Å². The highest BCUT2D eigenvalue weighted by molar-refractivity contribution is 7.79. The van der Waals surface area contributed by atoms with E-state index < -0.39 is 27.9 Å². The zero-order chi connectivity index (χ0) is 24.8. The number of phenols is 2. The van der Waals surface area contributed by atoms with E-state index in [-0.39, 0.29) is 23.5 Å². The Kier molecular flexibility index (Phi) is 13.2. The minimum absolute atomic E-state index is 0.0764. The fourth-order valence-corrected chi connectivity index (χ4v) is 1.53. The first-order chi connectivity index (χ1) is 13.9. The van der Waals surface area contributed by atoms with Crippen molar-refractivity contribution >= 4 is 28.0 Å². The van der Waals surface area contributed by atoms with Gasteiger partial charge < -0.3 is 31.3 Å². The van der Waals surface area contributed by atoms with Crippen LogP contribution in [0.2, 0.25) is 0 Å². The second-order valence-electron chi connectivity index (χ2n) is 6.21. The number of rotatable bonds is 3. The van der Waals surface area contributed by atoms with Crippen molar-refractivity contribution in [2.45, 2.75) is 25.9 Å². The van der Waals surface area contributed by atoms with Gasteiger partial charge in [-0.25, -0.2) is 4.79 Å². The average molecular weight is 463 g/mol. The summed E-state index contributed by atoms with van der Waals surface area (Å²) in [7, 11) is -4.67. The molecule has 9 N–H and O–H groups in total. The highest BCUT2D eigenvalue weighted by Gasteiger charge is 2.16. The average Bonchev–Trinajstić information content (AvgIpc) is 2.55. The summed E-state index contributed by atoms with van der Waals surface area (Å²) in [5, 5.41) is 42.7. The molecule has 0 aliphatic rings. The summed E-state index contributed by atoms with van der Waals surface area (Å²) in [4.78, 5) is 20.2. The van der Waals surface area contributed by atoms with Gasteiger partial charge in [0.25, 0.3) is 0 Å². The first kappa shape index (κ1) is 29.8. The van der Waals surface area contributed by atoms with Crippen LogP contribution >= 0.6 is 0 Å². The first-order valence-corrected chi connectivity index (χ1v) is 9.52. The molecule has 2 rings (SSSR count). The van der Waals surface area contributed by atoms with Gasteiger partial charge in [0.05, 0.1) is 17.6 Å². The first-order valence-electron chi connectivity index (χ1n) is 8.13. The maximum atomic E-state index is 10.3. The van der Waals surface area contributed by atoms with E-state index in [0.717, 1.165) is 0 Å². The Morgan fingerprint density at radius 2 is 1.26 bits per heavy atom. The molecule has 0 bridgehead atoms. The third-order valence-electron chi connectivity index (χ3n) is 2.66. The van der Waals surface area contributed by atoms with E-state index in [0.29, 0.717) is 5.69 Å². The van der Waals surface area contributed by atoms with Gasteiger partial charge in [0, 0.05) is 5.69 Å². The lowest BCUT2D eigenvalue weighted by atomic mass is 10.1. The van der Waals surface area contributed by atoms with Gasteiger partial charge in [-0.2, -0.15) is 8.42 Å². The Morgan fingerprint density at radius 1 is 0.903 bits per heavy atom. The number of aromatic carboxylic acids is 1. The minimum atomic E-state index is -4.67. The smallest absolute Gasteiger partial charge is 0.394 e.